The van der Waals surface area contributed by atoms with Crippen molar-refractivity contribution in [3.63, 3.8) is 0 Å². The average Bonchev–Trinajstić information content (AvgIpc) is 2.30. The largest absolute Gasteiger partial charge is 0.528 e. The SMILES string of the molecule is C=C[Si](OCC)(OCC)OCC.C[SiH](C)N[SiH3]. The molecule has 0 radical (unpaired) electrons. The molecule has 0 aromatic rings. The summed E-state index contributed by atoms with van der Waals surface area (Å²) in [4.78, 5) is 0. The first-order chi connectivity index (χ1) is 8.01. The lowest BCUT2D eigenvalue weighted by atomic mass is 10.9. The Balaban J connectivity index is 0. The van der Waals surface area contributed by atoms with E-state index in [1.165, 1.54) is 10.4 Å². The molecule has 0 amide bonds. The average molecular weight is 296 g/mol. The van der Waals surface area contributed by atoms with Gasteiger partial charge in [0.05, 0.1) is 19.4 Å². The van der Waals surface area contributed by atoms with Crippen LogP contribution >= 0.6 is 0 Å². The molecule has 17 heavy (non-hydrogen) atoms. The van der Waals surface area contributed by atoms with Crippen molar-refractivity contribution in [1.29, 1.82) is 0 Å². The Kier molecular flexibility index (Phi) is 14.6. The van der Waals surface area contributed by atoms with E-state index in [-0.39, 0.29) is 8.96 Å². The first-order valence-corrected chi connectivity index (χ1v) is 11.9. The zero-order valence-corrected chi connectivity index (χ0v) is 16.4. The lowest BCUT2D eigenvalue weighted by Gasteiger charge is -2.24. The molecule has 0 aliphatic carbocycles. The molecule has 0 aliphatic heterocycles. The van der Waals surface area contributed by atoms with Crippen LogP contribution in [0.25, 0.3) is 0 Å². The zero-order valence-electron chi connectivity index (χ0n) is 12.2. The Morgan fingerprint density at radius 1 is 1.12 bits per heavy atom. The topological polar surface area (TPSA) is 39.7 Å². The summed E-state index contributed by atoms with van der Waals surface area (Å²) in [6.07, 6.45) is 0. The zero-order chi connectivity index (χ0) is 13.7. The minimum absolute atomic E-state index is 0.338. The Morgan fingerprint density at radius 2 is 1.41 bits per heavy atom. The third kappa shape index (κ3) is 11.1. The van der Waals surface area contributed by atoms with Crippen LogP contribution in [0.3, 0.4) is 0 Å². The van der Waals surface area contributed by atoms with Crippen LogP contribution in [0.2, 0.25) is 13.1 Å². The van der Waals surface area contributed by atoms with Gasteiger partial charge in [0.1, 0.15) is 0 Å². The van der Waals surface area contributed by atoms with E-state index in [4.69, 9.17) is 13.3 Å². The van der Waals surface area contributed by atoms with E-state index in [1.807, 2.05) is 20.8 Å². The summed E-state index contributed by atoms with van der Waals surface area (Å²) in [5.41, 5.74) is 1.67. The first kappa shape index (κ1) is 19.6. The molecule has 0 spiro atoms. The van der Waals surface area contributed by atoms with Crippen LogP contribution in [-0.2, 0) is 13.3 Å². The Labute approximate surface area is 112 Å². The maximum Gasteiger partial charge on any atom is 0.528 e. The number of nitrogens with one attached hydrogen (secondary N) is 1. The monoisotopic (exact) mass is 295 g/mol. The molecule has 104 valence electrons. The van der Waals surface area contributed by atoms with Crippen LogP contribution in [0, 0.1) is 0 Å². The highest BCUT2D eigenvalue weighted by molar-refractivity contribution is 6.66. The number of hydrogen-bond donors (Lipinski definition) is 1. The van der Waals surface area contributed by atoms with Gasteiger partial charge in [0, 0.05) is 19.8 Å². The van der Waals surface area contributed by atoms with Crippen LogP contribution in [-0.4, -0.2) is 48.0 Å². The van der Waals surface area contributed by atoms with Gasteiger partial charge in [-0.25, -0.2) is 0 Å². The van der Waals surface area contributed by atoms with Crippen molar-refractivity contribution in [1.82, 2.24) is 4.65 Å². The first-order valence-electron chi connectivity index (χ1n) is 6.24. The molecule has 0 heterocycles. The fourth-order valence-corrected chi connectivity index (χ4v) is 2.72. The minimum atomic E-state index is -2.51. The molecule has 0 aromatic heterocycles. The van der Waals surface area contributed by atoms with Crippen molar-refractivity contribution in [2.75, 3.05) is 19.8 Å². The van der Waals surface area contributed by atoms with Crippen molar-refractivity contribution < 1.29 is 13.3 Å². The minimum Gasteiger partial charge on any atom is -0.371 e. The van der Waals surface area contributed by atoms with E-state index in [0.29, 0.717) is 19.8 Å². The maximum atomic E-state index is 5.44. The van der Waals surface area contributed by atoms with Crippen LogP contribution in [0.4, 0.5) is 0 Å². The molecule has 0 fully saturated rings. The highest BCUT2D eigenvalue weighted by Gasteiger charge is 2.36. The summed E-state index contributed by atoms with van der Waals surface area (Å²) in [7, 11) is -1.66. The van der Waals surface area contributed by atoms with Gasteiger partial charge in [-0.05, 0) is 26.5 Å². The van der Waals surface area contributed by atoms with Crippen molar-refractivity contribution >= 4 is 28.2 Å². The van der Waals surface area contributed by atoms with Crippen LogP contribution < -0.4 is 4.65 Å². The highest BCUT2D eigenvalue weighted by atomic mass is 28.4. The smallest absolute Gasteiger partial charge is 0.371 e. The highest BCUT2D eigenvalue weighted by Crippen LogP contribution is 2.10. The summed E-state index contributed by atoms with van der Waals surface area (Å²) in [6.45, 7) is 15.8. The second-order valence-electron chi connectivity index (χ2n) is 3.55. The van der Waals surface area contributed by atoms with Crippen LogP contribution in [0.5, 0.6) is 0 Å². The molecular formula is C10H29NO3Si3. The van der Waals surface area contributed by atoms with E-state index < -0.39 is 8.80 Å². The molecule has 0 saturated carbocycles. The predicted octanol–water partition coefficient (Wildman–Crippen LogP) is 0.600. The van der Waals surface area contributed by atoms with E-state index in [0.717, 1.165) is 0 Å². The fraction of sp³-hybridized carbons (Fsp3) is 0.800. The second-order valence-corrected chi connectivity index (χ2v) is 10.7. The molecular weight excluding hydrogens is 266 g/mol. The lowest BCUT2D eigenvalue weighted by Crippen LogP contribution is -2.44. The summed E-state index contributed by atoms with van der Waals surface area (Å²) >= 11 is 0. The molecule has 0 unspecified atom stereocenters. The predicted molar refractivity (Wildman–Crippen MR) is 82.8 cm³/mol. The van der Waals surface area contributed by atoms with Gasteiger partial charge in [0.2, 0.25) is 0 Å². The second kappa shape index (κ2) is 12.7. The van der Waals surface area contributed by atoms with Crippen LogP contribution in [0.1, 0.15) is 20.8 Å². The standard InChI is InChI=1S/C8H18O3Si.C2H11NSi2/c1-5-9-12(8-4,10-6-2)11-7-3;1-5(2)3-4/h8H,4-7H2,1-3H3;3,5H,1-2,4H3. The molecule has 0 aliphatic rings. The molecule has 0 rings (SSSR count). The van der Waals surface area contributed by atoms with Gasteiger partial charge in [-0.15, -0.1) is 0 Å². The fourth-order valence-electron chi connectivity index (χ4n) is 0.905. The molecule has 0 atom stereocenters. The molecule has 4 nitrogen and oxygen atoms in total. The van der Waals surface area contributed by atoms with Gasteiger partial charge < -0.3 is 17.9 Å². The Hall–Kier alpha value is 0.231. The van der Waals surface area contributed by atoms with Crippen molar-refractivity contribution in [3.8, 4) is 0 Å². The summed E-state index contributed by atoms with van der Waals surface area (Å²) in [5.74, 6) is 0. The third-order valence-corrected chi connectivity index (χ3v) is 9.06. The quantitative estimate of drug-likeness (QED) is 0.666. The molecule has 0 aromatic carbocycles. The van der Waals surface area contributed by atoms with Crippen LogP contribution in [0.15, 0.2) is 12.3 Å². The third-order valence-electron chi connectivity index (χ3n) is 1.86. The van der Waals surface area contributed by atoms with Gasteiger partial charge in [0.15, 0.2) is 0 Å². The Bertz CT molecular complexity index is 165. The van der Waals surface area contributed by atoms with Crippen molar-refractivity contribution in [3.05, 3.63) is 12.3 Å². The van der Waals surface area contributed by atoms with Crippen molar-refractivity contribution in [2.45, 2.75) is 33.9 Å². The maximum absolute atomic E-state index is 5.44. The number of rotatable bonds is 8. The van der Waals surface area contributed by atoms with E-state index in [2.05, 4.69) is 24.3 Å². The van der Waals surface area contributed by atoms with Crippen molar-refractivity contribution in [2.24, 2.45) is 0 Å². The van der Waals surface area contributed by atoms with E-state index >= 15 is 0 Å². The molecule has 0 bridgehead atoms. The normalized spacial score (nSPS) is 11.2. The van der Waals surface area contributed by atoms with Gasteiger partial charge in [-0.2, -0.15) is 0 Å². The summed E-state index contributed by atoms with van der Waals surface area (Å²) in [5, 5.41) is 0. The van der Waals surface area contributed by atoms with E-state index in [9.17, 15) is 0 Å². The molecule has 0 saturated heterocycles. The molecule has 7 heteroatoms. The van der Waals surface area contributed by atoms with Gasteiger partial charge in [-0.1, -0.05) is 19.7 Å². The Morgan fingerprint density at radius 3 is 1.53 bits per heavy atom. The lowest BCUT2D eigenvalue weighted by molar-refractivity contribution is 0.0844. The van der Waals surface area contributed by atoms with Gasteiger partial charge in [0.25, 0.3) is 0 Å². The summed E-state index contributed by atoms with van der Waals surface area (Å²) in [6, 6.07) is 0. The van der Waals surface area contributed by atoms with Gasteiger partial charge in [-0.3, -0.25) is 0 Å². The summed E-state index contributed by atoms with van der Waals surface area (Å²) < 4.78 is 19.6. The number of hydrogen-bond acceptors (Lipinski definition) is 4. The van der Waals surface area contributed by atoms with E-state index in [1.54, 1.807) is 5.70 Å². The molecule has 1 N–H and O–H groups in total. The van der Waals surface area contributed by atoms with Gasteiger partial charge >= 0.3 is 8.80 Å².